The highest BCUT2D eigenvalue weighted by atomic mass is 19.1. The van der Waals surface area contributed by atoms with Crippen LogP contribution in [0.5, 0.6) is 0 Å². The van der Waals surface area contributed by atoms with E-state index in [1.807, 2.05) is 6.07 Å². The monoisotopic (exact) mass is 464 g/mol. The molecule has 5 fully saturated rings. The smallest absolute Gasteiger partial charge is 0.237 e. The maximum atomic E-state index is 13.9. The minimum Gasteiger partial charge on any atom is -0.368 e. The summed E-state index contributed by atoms with van der Waals surface area (Å²) in [6, 6.07) is 6.74. The van der Waals surface area contributed by atoms with Gasteiger partial charge in [-0.05, 0) is 87.0 Å². The summed E-state index contributed by atoms with van der Waals surface area (Å²) in [4.78, 5) is 22.8. The molecule has 182 valence electrons. The highest BCUT2D eigenvalue weighted by Gasteiger charge is 2.52. The number of rotatable bonds is 6. The number of amides is 1. The lowest BCUT2D eigenvalue weighted by Crippen LogP contribution is -2.63. The Bertz CT molecular complexity index is 1030. The maximum Gasteiger partial charge on any atom is 0.237 e. The van der Waals surface area contributed by atoms with Crippen molar-refractivity contribution in [1.29, 1.82) is 0 Å². The molecule has 5 aliphatic rings. The second-order valence-corrected chi connectivity index (χ2v) is 11.5. The van der Waals surface area contributed by atoms with Gasteiger partial charge in [0, 0.05) is 49.0 Å². The van der Waals surface area contributed by atoms with Gasteiger partial charge in [0.1, 0.15) is 5.82 Å². The third-order valence-electron chi connectivity index (χ3n) is 9.07. The zero-order valence-corrected chi connectivity index (χ0v) is 20.3. The van der Waals surface area contributed by atoms with Crippen LogP contribution >= 0.6 is 0 Å². The second kappa shape index (κ2) is 8.78. The number of piperazine rings is 1. The van der Waals surface area contributed by atoms with Crippen molar-refractivity contribution in [3.8, 4) is 0 Å². The van der Waals surface area contributed by atoms with Crippen molar-refractivity contribution in [2.45, 2.75) is 69.9 Å². The van der Waals surface area contributed by atoms with E-state index in [2.05, 4.69) is 27.0 Å². The number of anilines is 1. The number of carbonyl (C=O) groups is 1. The zero-order valence-electron chi connectivity index (χ0n) is 20.3. The molecule has 6 heteroatoms. The fourth-order valence-electron chi connectivity index (χ4n) is 8.02. The van der Waals surface area contributed by atoms with Gasteiger partial charge in [0.15, 0.2) is 0 Å². The molecule has 1 aromatic heterocycles. The Hall–Kier alpha value is -2.21. The highest BCUT2D eigenvalue weighted by Crippen LogP contribution is 2.55. The van der Waals surface area contributed by atoms with Crippen molar-refractivity contribution >= 4 is 22.5 Å². The van der Waals surface area contributed by atoms with Crippen molar-refractivity contribution in [2.75, 3.05) is 31.1 Å². The topological polar surface area (TPSA) is 48.5 Å². The Labute approximate surface area is 202 Å². The Kier molecular flexibility index (Phi) is 5.75. The molecule has 1 unspecified atom stereocenters. The van der Waals surface area contributed by atoms with E-state index < -0.39 is 0 Å². The number of hydrogen-bond acceptors (Lipinski definition) is 4. The molecule has 0 spiro atoms. The molecule has 1 aromatic carbocycles. The van der Waals surface area contributed by atoms with Gasteiger partial charge in [0.2, 0.25) is 5.91 Å². The van der Waals surface area contributed by atoms with Crippen LogP contribution < -0.4 is 10.2 Å². The molecular weight excluding hydrogens is 427 g/mol. The zero-order chi connectivity index (χ0) is 23.3. The van der Waals surface area contributed by atoms with Gasteiger partial charge in [-0.3, -0.25) is 14.7 Å². The van der Waals surface area contributed by atoms with Crippen molar-refractivity contribution < 1.29 is 9.18 Å². The standard InChI is InChI=1S/C28H37FN4O/c1-2-3-26(27(34)31-28-16-19-12-20(17-28)14-21(13-19)18-28)33-10-8-32(9-11-33)25-6-7-30-24-5-4-22(29)15-23(24)25/h4-7,15,19-21,26H,2-3,8-14,16-18H2,1H3,(H,31,34). The summed E-state index contributed by atoms with van der Waals surface area (Å²) in [5.41, 5.74) is 1.93. The largest absolute Gasteiger partial charge is 0.368 e. The van der Waals surface area contributed by atoms with Gasteiger partial charge in [-0.15, -0.1) is 0 Å². The van der Waals surface area contributed by atoms with Gasteiger partial charge < -0.3 is 10.2 Å². The van der Waals surface area contributed by atoms with Gasteiger partial charge in [-0.2, -0.15) is 0 Å². The molecule has 7 rings (SSSR count). The number of aromatic nitrogens is 1. The van der Waals surface area contributed by atoms with E-state index in [-0.39, 0.29) is 23.3 Å². The van der Waals surface area contributed by atoms with E-state index in [1.165, 1.54) is 44.6 Å². The highest BCUT2D eigenvalue weighted by molar-refractivity contribution is 5.91. The summed E-state index contributed by atoms with van der Waals surface area (Å²) in [6.07, 6.45) is 11.5. The van der Waals surface area contributed by atoms with Gasteiger partial charge in [-0.1, -0.05) is 13.3 Å². The lowest BCUT2D eigenvalue weighted by atomic mass is 9.53. The molecule has 1 atom stereocenters. The number of pyridine rings is 1. The van der Waals surface area contributed by atoms with Gasteiger partial charge >= 0.3 is 0 Å². The minimum atomic E-state index is -0.232. The van der Waals surface area contributed by atoms with Crippen LogP contribution in [0.4, 0.5) is 10.1 Å². The molecule has 5 nitrogen and oxygen atoms in total. The van der Waals surface area contributed by atoms with E-state index >= 15 is 0 Å². The average molecular weight is 465 g/mol. The lowest BCUT2D eigenvalue weighted by molar-refractivity contribution is -0.132. The van der Waals surface area contributed by atoms with E-state index in [0.29, 0.717) is 0 Å². The normalized spacial score (nSPS) is 31.7. The molecule has 1 aliphatic heterocycles. The van der Waals surface area contributed by atoms with Crippen molar-refractivity contribution in [2.24, 2.45) is 17.8 Å². The molecule has 4 saturated carbocycles. The Balaban J connectivity index is 1.14. The van der Waals surface area contributed by atoms with Crippen LogP contribution in [-0.4, -0.2) is 53.6 Å². The molecule has 1 N–H and O–H groups in total. The van der Waals surface area contributed by atoms with Gasteiger partial charge in [0.05, 0.1) is 11.6 Å². The minimum absolute atomic E-state index is 0.0493. The fourth-order valence-corrected chi connectivity index (χ4v) is 8.02. The predicted molar refractivity (Wildman–Crippen MR) is 133 cm³/mol. The second-order valence-electron chi connectivity index (χ2n) is 11.5. The predicted octanol–water partition coefficient (Wildman–Crippen LogP) is 4.75. The first-order chi connectivity index (χ1) is 16.5. The SMILES string of the molecule is CCCC(C(=O)NC12CC3CC(CC(C3)C1)C2)N1CCN(c2ccnc3ccc(F)cc23)CC1. The molecular formula is C28H37FN4O. The summed E-state index contributed by atoms with van der Waals surface area (Å²) in [7, 11) is 0. The number of carbonyl (C=O) groups excluding carboxylic acids is 1. The van der Waals surface area contributed by atoms with E-state index in [9.17, 15) is 9.18 Å². The van der Waals surface area contributed by atoms with Crippen molar-refractivity contribution in [3.05, 3.63) is 36.3 Å². The maximum absolute atomic E-state index is 13.9. The van der Waals surface area contributed by atoms with Crippen LogP contribution in [0.15, 0.2) is 30.5 Å². The Morgan fingerprint density at radius 3 is 2.41 bits per heavy atom. The van der Waals surface area contributed by atoms with Crippen LogP contribution in [0.3, 0.4) is 0 Å². The summed E-state index contributed by atoms with van der Waals surface area (Å²) >= 11 is 0. The third-order valence-corrected chi connectivity index (χ3v) is 9.07. The molecule has 4 bridgehead atoms. The molecule has 34 heavy (non-hydrogen) atoms. The number of hydrogen-bond donors (Lipinski definition) is 1. The van der Waals surface area contributed by atoms with Gasteiger partial charge in [-0.25, -0.2) is 4.39 Å². The Morgan fingerprint density at radius 2 is 1.76 bits per heavy atom. The molecule has 2 heterocycles. The van der Waals surface area contributed by atoms with Crippen LogP contribution in [0.25, 0.3) is 10.9 Å². The first-order valence-electron chi connectivity index (χ1n) is 13.4. The molecule has 2 aromatic rings. The Morgan fingerprint density at radius 1 is 1.09 bits per heavy atom. The van der Waals surface area contributed by atoms with Crippen LogP contribution in [0, 0.1) is 23.6 Å². The number of halogens is 1. The summed E-state index contributed by atoms with van der Waals surface area (Å²) < 4.78 is 13.9. The average Bonchev–Trinajstić information content (AvgIpc) is 2.81. The van der Waals surface area contributed by atoms with Crippen LogP contribution in [-0.2, 0) is 4.79 Å². The van der Waals surface area contributed by atoms with Crippen LogP contribution in [0.2, 0.25) is 0 Å². The number of nitrogens with one attached hydrogen (secondary N) is 1. The van der Waals surface area contributed by atoms with Crippen LogP contribution in [0.1, 0.15) is 58.3 Å². The van der Waals surface area contributed by atoms with Crippen molar-refractivity contribution in [1.82, 2.24) is 15.2 Å². The number of nitrogens with zero attached hydrogens (tertiary/aromatic N) is 3. The van der Waals surface area contributed by atoms with Gasteiger partial charge in [0.25, 0.3) is 0 Å². The first kappa shape index (κ1) is 22.3. The van der Waals surface area contributed by atoms with E-state index in [0.717, 1.165) is 73.4 Å². The first-order valence-corrected chi connectivity index (χ1v) is 13.4. The molecule has 1 amide bonds. The number of fused-ring (bicyclic) bond motifs is 1. The summed E-state index contributed by atoms with van der Waals surface area (Å²) in [5.74, 6) is 2.53. The molecule has 1 saturated heterocycles. The van der Waals surface area contributed by atoms with E-state index in [4.69, 9.17) is 0 Å². The quantitative estimate of drug-likeness (QED) is 0.670. The molecule has 4 aliphatic carbocycles. The number of benzene rings is 1. The lowest BCUT2D eigenvalue weighted by Gasteiger charge is -2.57. The van der Waals surface area contributed by atoms with E-state index in [1.54, 1.807) is 18.3 Å². The third kappa shape index (κ3) is 4.08. The summed E-state index contributed by atoms with van der Waals surface area (Å²) in [6.45, 7) is 5.54. The molecule has 0 radical (unpaired) electrons. The fraction of sp³-hybridized carbons (Fsp3) is 0.643. The van der Waals surface area contributed by atoms with Crippen molar-refractivity contribution in [3.63, 3.8) is 0 Å². The summed E-state index contributed by atoms with van der Waals surface area (Å²) in [5, 5.41) is 4.50.